The maximum Gasteiger partial charge on any atom is 0.251 e. The number of amides is 1. The summed E-state index contributed by atoms with van der Waals surface area (Å²) in [5.41, 5.74) is 9.12. The van der Waals surface area contributed by atoms with Crippen LogP contribution in [0.5, 0.6) is 0 Å². The van der Waals surface area contributed by atoms with Crippen LogP contribution < -0.4 is 11.1 Å². The molecule has 3 nitrogen and oxygen atoms in total. The number of halogens is 2. The number of benzene rings is 2. The van der Waals surface area contributed by atoms with Crippen LogP contribution in [0.2, 0.25) is 10.0 Å². The molecule has 0 aromatic heterocycles. The van der Waals surface area contributed by atoms with Crippen LogP contribution >= 0.6 is 23.2 Å². The third-order valence-corrected chi connectivity index (χ3v) is 4.61. The van der Waals surface area contributed by atoms with Crippen LogP contribution in [0.15, 0.2) is 36.4 Å². The van der Waals surface area contributed by atoms with Crippen molar-refractivity contribution in [2.24, 2.45) is 0 Å². The Kier molecular flexibility index (Phi) is 3.79. The molecule has 0 saturated carbocycles. The topological polar surface area (TPSA) is 55.1 Å². The summed E-state index contributed by atoms with van der Waals surface area (Å²) in [7, 11) is 0. The van der Waals surface area contributed by atoms with E-state index in [1.807, 2.05) is 12.1 Å². The molecule has 1 aliphatic rings. The molecule has 108 valence electrons. The van der Waals surface area contributed by atoms with Crippen LogP contribution in [0.3, 0.4) is 0 Å². The summed E-state index contributed by atoms with van der Waals surface area (Å²) in [5.74, 6) is 0.190. The zero-order chi connectivity index (χ0) is 15.0. The van der Waals surface area contributed by atoms with Gasteiger partial charge in [0.15, 0.2) is 0 Å². The van der Waals surface area contributed by atoms with Crippen LogP contribution in [0.1, 0.15) is 27.4 Å². The number of carbonyl (C=O) groups is 1. The van der Waals surface area contributed by atoms with Gasteiger partial charge in [-0.1, -0.05) is 47.5 Å². The normalized spacial score (nSPS) is 16.0. The minimum absolute atomic E-state index is 0.190. The van der Waals surface area contributed by atoms with Crippen LogP contribution in [-0.4, -0.2) is 12.5 Å². The van der Waals surface area contributed by atoms with Crippen molar-refractivity contribution in [2.45, 2.75) is 12.3 Å². The van der Waals surface area contributed by atoms with Crippen molar-refractivity contribution in [3.05, 3.63) is 63.1 Å². The van der Waals surface area contributed by atoms with Crippen LogP contribution in [0, 0.1) is 0 Å². The summed E-state index contributed by atoms with van der Waals surface area (Å²) < 4.78 is 0. The largest absolute Gasteiger partial charge is 0.397 e. The first-order valence-corrected chi connectivity index (χ1v) is 7.42. The average Bonchev–Trinajstić information content (AvgIpc) is 2.45. The maximum absolute atomic E-state index is 12.1. The van der Waals surface area contributed by atoms with Gasteiger partial charge in [-0.3, -0.25) is 4.79 Å². The molecule has 2 aromatic rings. The highest BCUT2D eigenvalue weighted by atomic mass is 35.5. The molecule has 1 aliphatic carbocycles. The van der Waals surface area contributed by atoms with Gasteiger partial charge in [0, 0.05) is 18.0 Å². The van der Waals surface area contributed by atoms with Crippen molar-refractivity contribution in [1.82, 2.24) is 5.32 Å². The predicted octanol–water partition coefficient (Wildman–Crippen LogP) is 3.65. The highest BCUT2D eigenvalue weighted by molar-refractivity contribution is 6.43. The standard InChI is InChI=1S/C16H14Cl2N2O/c17-13-6-10(7-14(19)15(13)18)16(21)20-8-11-5-9-3-1-2-4-12(9)11/h1-4,6-7,11H,5,8,19H2,(H,20,21). The summed E-state index contributed by atoms with van der Waals surface area (Å²) in [4.78, 5) is 12.1. The molecule has 0 aliphatic heterocycles. The van der Waals surface area contributed by atoms with Gasteiger partial charge in [0.25, 0.3) is 5.91 Å². The molecular weight excluding hydrogens is 307 g/mol. The van der Waals surface area contributed by atoms with Gasteiger partial charge in [0.05, 0.1) is 15.7 Å². The second-order valence-electron chi connectivity index (χ2n) is 5.17. The smallest absolute Gasteiger partial charge is 0.251 e. The van der Waals surface area contributed by atoms with Gasteiger partial charge in [0.1, 0.15) is 0 Å². The number of rotatable bonds is 3. The van der Waals surface area contributed by atoms with Gasteiger partial charge >= 0.3 is 0 Å². The molecular formula is C16H14Cl2N2O. The van der Waals surface area contributed by atoms with Gasteiger partial charge < -0.3 is 11.1 Å². The van der Waals surface area contributed by atoms with E-state index >= 15 is 0 Å². The number of hydrogen-bond acceptors (Lipinski definition) is 2. The minimum Gasteiger partial charge on any atom is -0.397 e. The average molecular weight is 321 g/mol. The van der Waals surface area contributed by atoms with Crippen molar-refractivity contribution < 1.29 is 4.79 Å². The quantitative estimate of drug-likeness (QED) is 0.848. The molecule has 0 spiro atoms. The molecule has 2 aromatic carbocycles. The number of nitrogens with two attached hydrogens (primary N) is 1. The van der Waals surface area contributed by atoms with Gasteiger partial charge in [-0.25, -0.2) is 0 Å². The van der Waals surface area contributed by atoms with E-state index in [2.05, 4.69) is 17.4 Å². The van der Waals surface area contributed by atoms with E-state index in [-0.39, 0.29) is 16.0 Å². The van der Waals surface area contributed by atoms with Gasteiger partial charge in [-0.2, -0.15) is 0 Å². The molecule has 0 heterocycles. The van der Waals surface area contributed by atoms with E-state index in [1.165, 1.54) is 23.3 Å². The summed E-state index contributed by atoms with van der Waals surface area (Å²) in [5, 5.41) is 3.49. The predicted molar refractivity (Wildman–Crippen MR) is 86.1 cm³/mol. The number of nitrogens with one attached hydrogen (secondary N) is 1. The fourth-order valence-corrected chi connectivity index (χ4v) is 2.94. The van der Waals surface area contributed by atoms with Gasteiger partial charge in [-0.15, -0.1) is 0 Å². The third-order valence-electron chi connectivity index (χ3n) is 3.79. The molecule has 0 fully saturated rings. The molecule has 21 heavy (non-hydrogen) atoms. The third kappa shape index (κ3) is 2.71. The van der Waals surface area contributed by atoms with Crippen molar-refractivity contribution in [1.29, 1.82) is 0 Å². The number of carbonyl (C=O) groups excluding carboxylic acids is 1. The fraction of sp³-hybridized carbons (Fsp3) is 0.188. The van der Waals surface area contributed by atoms with Gasteiger partial charge in [0.2, 0.25) is 0 Å². The zero-order valence-corrected chi connectivity index (χ0v) is 12.7. The highest BCUT2D eigenvalue weighted by Gasteiger charge is 2.25. The lowest BCUT2D eigenvalue weighted by atomic mass is 9.77. The highest BCUT2D eigenvalue weighted by Crippen LogP contribution is 2.34. The van der Waals surface area contributed by atoms with Crippen molar-refractivity contribution in [3.63, 3.8) is 0 Å². The Morgan fingerprint density at radius 1 is 1.29 bits per heavy atom. The van der Waals surface area contributed by atoms with E-state index in [1.54, 1.807) is 0 Å². The van der Waals surface area contributed by atoms with Crippen LogP contribution in [0.25, 0.3) is 0 Å². The number of nitrogen functional groups attached to an aromatic ring is 1. The van der Waals surface area contributed by atoms with E-state index in [0.717, 1.165) is 6.42 Å². The second kappa shape index (κ2) is 5.58. The summed E-state index contributed by atoms with van der Waals surface area (Å²) in [6.45, 7) is 0.607. The first-order valence-electron chi connectivity index (χ1n) is 6.67. The molecule has 0 saturated heterocycles. The van der Waals surface area contributed by atoms with E-state index in [4.69, 9.17) is 28.9 Å². The molecule has 5 heteroatoms. The van der Waals surface area contributed by atoms with Crippen molar-refractivity contribution in [2.75, 3.05) is 12.3 Å². The number of anilines is 1. The molecule has 3 N–H and O–H groups in total. The van der Waals surface area contributed by atoms with Crippen molar-refractivity contribution >= 4 is 34.8 Å². The Morgan fingerprint density at radius 2 is 2.05 bits per heavy atom. The van der Waals surface area contributed by atoms with E-state index in [0.29, 0.717) is 23.7 Å². The molecule has 1 atom stereocenters. The Morgan fingerprint density at radius 3 is 2.76 bits per heavy atom. The lowest BCUT2D eigenvalue weighted by Gasteiger charge is -2.30. The maximum atomic E-state index is 12.1. The Labute approximate surface area is 133 Å². The summed E-state index contributed by atoms with van der Waals surface area (Å²) in [6, 6.07) is 11.3. The SMILES string of the molecule is Nc1cc(C(=O)NCC2Cc3ccccc32)cc(Cl)c1Cl. The van der Waals surface area contributed by atoms with E-state index in [9.17, 15) is 4.79 Å². The number of hydrogen-bond donors (Lipinski definition) is 2. The Hall–Kier alpha value is -1.71. The molecule has 1 unspecified atom stereocenters. The number of fused-ring (bicyclic) bond motifs is 1. The molecule has 1 amide bonds. The summed E-state index contributed by atoms with van der Waals surface area (Å²) in [6.07, 6.45) is 1.000. The monoisotopic (exact) mass is 320 g/mol. The van der Waals surface area contributed by atoms with Crippen LogP contribution in [0.4, 0.5) is 5.69 Å². The fourth-order valence-electron chi connectivity index (χ4n) is 2.60. The summed E-state index contributed by atoms with van der Waals surface area (Å²) >= 11 is 11.8. The van der Waals surface area contributed by atoms with E-state index < -0.39 is 0 Å². The lowest BCUT2D eigenvalue weighted by molar-refractivity contribution is 0.0950. The lowest BCUT2D eigenvalue weighted by Crippen LogP contribution is -2.33. The first kappa shape index (κ1) is 14.2. The van der Waals surface area contributed by atoms with Crippen molar-refractivity contribution in [3.8, 4) is 0 Å². The first-order chi connectivity index (χ1) is 10.1. The Bertz CT molecular complexity index is 692. The minimum atomic E-state index is -0.190. The Balaban J connectivity index is 1.66. The molecule has 0 bridgehead atoms. The zero-order valence-electron chi connectivity index (χ0n) is 11.2. The van der Waals surface area contributed by atoms with Gasteiger partial charge in [-0.05, 0) is 29.7 Å². The second-order valence-corrected chi connectivity index (χ2v) is 5.96. The molecule has 0 radical (unpaired) electrons. The molecule has 3 rings (SSSR count). The van der Waals surface area contributed by atoms with Crippen LogP contribution in [-0.2, 0) is 6.42 Å².